The van der Waals surface area contributed by atoms with Gasteiger partial charge in [-0.25, -0.2) is 4.68 Å². The predicted octanol–water partition coefficient (Wildman–Crippen LogP) is -0.169. The van der Waals surface area contributed by atoms with Gasteiger partial charge in [0.2, 0.25) is 5.91 Å². The van der Waals surface area contributed by atoms with E-state index in [1.807, 2.05) is 0 Å². The first kappa shape index (κ1) is 11.2. The number of anilines is 1. The molecule has 7 heteroatoms. The molecule has 1 aromatic heterocycles. The Morgan fingerprint density at radius 2 is 2.22 bits per heavy atom. The van der Waals surface area contributed by atoms with Crippen LogP contribution in [0.2, 0.25) is 0 Å². The van der Waals surface area contributed by atoms with Crippen LogP contribution in [-0.4, -0.2) is 39.9 Å². The second kappa shape index (κ2) is 3.81. The van der Waals surface area contributed by atoms with Crippen LogP contribution >= 0.6 is 0 Å². The van der Waals surface area contributed by atoms with Gasteiger partial charge in [-0.1, -0.05) is 0 Å². The van der Waals surface area contributed by atoms with E-state index in [9.17, 15) is 9.59 Å². The number of carbonyl (C=O) groups excluding carboxylic acids is 1. The van der Waals surface area contributed by atoms with Crippen molar-refractivity contribution in [2.45, 2.75) is 18.9 Å². The number of carbonyl (C=O) groups is 2. The summed E-state index contributed by atoms with van der Waals surface area (Å²) >= 11 is 0. The fourth-order valence-corrected chi connectivity index (χ4v) is 2.05. The Kier molecular flexibility index (Phi) is 2.37. The minimum Gasteiger partial charge on any atom is -0.480 e. The van der Waals surface area contributed by atoms with Crippen molar-refractivity contribution in [2.24, 2.45) is 5.41 Å². The molecule has 2 heterocycles. The standard InChI is InChI=1S/C11H14N4O3/c16-9(11(2-3-11)10(17)18)14-8-1-4-13-15(8)7-5-12-6-7/h1,4,7,12H,2-3,5-6H2,(H,14,16)(H,17,18). The topological polar surface area (TPSA) is 96.2 Å². The third-order valence-corrected chi connectivity index (χ3v) is 3.61. The van der Waals surface area contributed by atoms with Crippen LogP contribution in [-0.2, 0) is 9.59 Å². The molecular weight excluding hydrogens is 236 g/mol. The first-order valence-corrected chi connectivity index (χ1v) is 5.92. The lowest BCUT2D eigenvalue weighted by molar-refractivity contribution is -0.147. The maximum atomic E-state index is 12.0. The van der Waals surface area contributed by atoms with E-state index in [-0.39, 0.29) is 6.04 Å². The molecule has 2 fully saturated rings. The largest absolute Gasteiger partial charge is 0.480 e. The molecule has 1 saturated heterocycles. The average Bonchev–Trinajstić information content (AvgIpc) is 2.96. The molecule has 0 radical (unpaired) electrons. The Morgan fingerprint density at radius 3 is 2.72 bits per heavy atom. The van der Waals surface area contributed by atoms with Gasteiger partial charge < -0.3 is 15.7 Å². The SMILES string of the molecule is O=C(O)C1(C(=O)Nc2ccnn2C2CNC2)CC1. The Morgan fingerprint density at radius 1 is 1.50 bits per heavy atom. The summed E-state index contributed by atoms with van der Waals surface area (Å²) in [5.41, 5.74) is -1.22. The van der Waals surface area contributed by atoms with Crippen LogP contribution in [0.4, 0.5) is 5.82 Å². The first-order valence-electron chi connectivity index (χ1n) is 5.92. The molecule has 0 bridgehead atoms. The summed E-state index contributed by atoms with van der Waals surface area (Å²) in [7, 11) is 0. The summed E-state index contributed by atoms with van der Waals surface area (Å²) in [4.78, 5) is 23.0. The lowest BCUT2D eigenvalue weighted by Crippen LogP contribution is -2.44. The fraction of sp³-hybridized carbons (Fsp3) is 0.545. The molecule has 18 heavy (non-hydrogen) atoms. The van der Waals surface area contributed by atoms with Crippen molar-refractivity contribution in [1.82, 2.24) is 15.1 Å². The van der Waals surface area contributed by atoms with Crippen LogP contribution in [0.1, 0.15) is 18.9 Å². The molecule has 1 saturated carbocycles. The minimum atomic E-state index is -1.22. The van der Waals surface area contributed by atoms with Crippen molar-refractivity contribution < 1.29 is 14.7 Å². The molecule has 2 aliphatic rings. The van der Waals surface area contributed by atoms with E-state index in [0.717, 1.165) is 13.1 Å². The molecular formula is C11H14N4O3. The van der Waals surface area contributed by atoms with Crippen molar-refractivity contribution in [3.05, 3.63) is 12.3 Å². The third kappa shape index (κ3) is 1.59. The molecule has 1 aliphatic carbocycles. The monoisotopic (exact) mass is 250 g/mol. The van der Waals surface area contributed by atoms with Crippen LogP contribution in [0.25, 0.3) is 0 Å². The lowest BCUT2D eigenvalue weighted by Gasteiger charge is -2.28. The maximum Gasteiger partial charge on any atom is 0.319 e. The molecule has 1 aromatic rings. The number of hydrogen-bond acceptors (Lipinski definition) is 4. The number of aliphatic carboxylic acids is 1. The second-order valence-corrected chi connectivity index (χ2v) is 4.81. The van der Waals surface area contributed by atoms with Crippen LogP contribution in [0.3, 0.4) is 0 Å². The summed E-state index contributed by atoms with van der Waals surface area (Å²) in [5, 5.41) is 19.0. The Balaban J connectivity index is 1.75. The molecule has 0 aromatic carbocycles. The second-order valence-electron chi connectivity index (χ2n) is 4.81. The number of amides is 1. The van der Waals surface area contributed by atoms with E-state index in [0.29, 0.717) is 18.7 Å². The minimum absolute atomic E-state index is 0.232. The van der Waals surface area contributed by atoms with Gasteiger partial charge in [-0.15, -0.1) is 0 Å². The normalized spacial score (nSPS) is 21.1. The van der Waals surface area contributed by atoms with Gasteiger partial charge in [0.15, 0.2) is 0 Å². The summed E-state index contributed by atoms with van der Waals surface area (Å²) in [6, 6.07) is 1.92. The molecule has 0 spiro atoms. The number of rotatable bonds is 4. The van der Waals surface area contributed by atoms with E-state index in [2.05, 4.69) is 15.7 Å². The van der Waals surface area contributed by atoms with Crippen molar-refractivity contribution in [2.75, 3.05) is 18.4 Å². The van der Waals surface area contributed by atoms with Crippen molar-refractivity contribution >= 4 is 17.7 Å². The summed E-state index contributed by atoms with van der Waals surface area (Å²) < 4.78 is 1.73. The van der Waals surface area contributed by atoms with Gasteiger partial charge in [0.1, 0.15) is 11.2 Å². The number of nitrogens with zero attached hydrogens (tertiary/aromatic N) is 2. The summed E-state index contributed by atoms with van der Waals surface area (Å²) in [6.07, 6.45) is 2.43. The van der Waals surface area contributed by atoms with Crippen LogP contribution < -0.4 is 10.6 Å². The number of carboxylic acid groups (broad SMARTS) is 1. The Labute approximate surface area is 103 Å². The smallest absolute Gasteiger partial charge is 0.319 e. The van der Waals surface area contributed by atoms with Gasteiger partial charge >= 0.3 is 5.97 Å². The number of hydrogen-bond donors (Lipinski definition) is 3. The third-order valence-electron chi connectivity index (χ3n) is 3.61. The molecule has 96 valence electrons. The van der Waals surface area contributed by atoms with Gasteiger partial charge in [0, 0.05) is 19.2 Å². The van der Waals surface area contributed by atoms with E-state index < -0.39 is 17.3 Å². The van der Waals surface area contributed by atoms with Crippen molar-refractivity contribution in [3.8, 4) is 0 Å². The maximum absolute atomic E-state index is 12.0. The quantitative estimate of drug-likeness (QED) is 0.645. The van der Waals surface area contributed by atoms with Crippen LogP contribution in [0, 0.1) is 5.41 Å². The molecule has 0 atom stereocenters. The Bertz CT molecular complexity index is 502. The van der Waals surface area contributed by atoms with E-state index in [4.69, 9.17) is 5.11 Å². The molecule has 3 rings (SSSR count). The zero-order chi connectivity index (χ0) is 12.8. The lowest BCUT2D eigenvalue weighted by atomic mass is 10.1. The molecule has 3 N–H and O–H groups in total. The van der Waals surface area contributed by atoms with E-state index in [1.165, 1.54) is 0 Å². The van der Waals surface area contributed by atoms with Gasteiger partial charge in [0.25, 0.3) is 0 Å². The highest BCUT2D eigenvalue weighted by Crippen LogP contribution is 2.46. The summed E-state index contributed by atoms with van der Waals surface area (Å²) in [5.74, 6) is -0.917. The van der Waals surface area contributed by atoms with Crippen LogP contribution in [0.15, 0.2) is 12.3 Å². The predicted molar refractivity (Wildman–Crippen MR) is 62.1 cm³/mol. The first-order chi connectivity index (χ1) is 8.63. The van der Waals surface area contributed by atoms with Gasteiger partial charge in [0.05, 0.1) is 12.2 Å². The van der Waals surface area contributed by atoms with Crippen LogP contribution in [0.5, 0.6) is 0 Å². The van der Waals surface area contributed by atoms with Crippen molar-refractivity contribution in [3.63, 3.8) is 0 Å². The fourth-order valence-electron chi connectivity index (χ4n) is 2.05. The van der Waals surface area contributed by atoms with Gasteiger partial charge in [-0.3, -0.25) is 9.59 Å². The highest BCUT2D eigenvalue weighted by Gasteiger charge is 2.57. The number of nitrogens with one attached hydrogen (secondary N) is 2. The number of carboxylic acids is 1. The van der Waals surface area contributed by atoms with E-state index in [1.54, 1.807) is 16.9 Å². The highest BCUT2D eigenvalue weighted by molar-refractivity contribution is 6.10. The zero-order valence-electron chi connectivity index (χ0n) is 9.72. The van der Waals surface area contributed by atoms with E-state index >= 15 is 0 Å². The summed E-state index contributed by atoms with van der Waals surface area (Å²) in [6.45, 7) is 1.63. The van der Waals surface area contributed by atoms with Gasteiger partial charge in [-0.05, 0) is 12.8 Å². The van der Waals surface area contributed by atoms with Crippen molar-refractivity contribution in [1.29, 1.82) is 0 Å². The molecule has 7 nitrogen and oxygen atoms in total. The number of aromatic nitrogens is 2. The molecule has 0 unspecified atom stereocenters. The average molecular weight is 250 g/mol. The highest BCUT2D eigenvalue weighted by atomic mass is 16.4. The molecule has 1 aliphatic heterocycles. The zero-order valence-corrected chi connectivity index (χ0v) is 9.72. The Hall–Kier alpha value is -1.89. The van der Waals surface area contributed by atoms with Gasteiger partial charge in [-0.2, -0.15) is 5.10 Å². The molecule has 1 amide bonds.